The molecular formula is C23H28BrN3O4. The molecule has 4 N–H and O–H groups in total. The average Bonchev–Trinajstić information content (AvgIpc) is 2.73. The van der Waals surface area contributed by atoms with Crippen molar-refractivity contribution >= 4 is 33.8 Å². The highest BCUT2D eigenvalue weighted by atomic mass is 79.9. The second kappa shape index (κ2) is 12.1. The number of carbonyl (C=O) groups excluding carboxylic acids is 3. The van der Waals surface area contributed by atoms with Crippen LogP contribution < -0.4 is 16.4 Å². The second-order valence-electron chi connectivity index (χ2n) is 7.68. The molecule has 2 atom stereocenters. The van der Waals surface area contributed by atoms with Gasteiger partial charge in [0.1, 0.15) is 18.7 Å². The Morgan fingerprint density at radius 2 is 1.58 bits per heavy atom. The van der Waals surface area contributed by atoms with Gasteiger partial charge in [0, 0.05) is 10.9 Å². The van der Waals surface area contributed by atoms with E-state index in [0.29, 0.717) is 6.42 Å². The minimum absolute atomic E-state index is 0.0799. The molecule has 0 fully saturated rings. The van der Waals surface area contributed by atoms with Crippen LogP contribution in [0.2, 0.25) is 0 Å². The Kier molecular flexibility index (Phi) is 9.52. The van der Waals surface area contributed by atoms with E-state index >= 15 is 0 Å². The average molecular weight is 490 g/mol. The van der Waals surface area contributed by atoms with E-state index in [-0.39, 0.29) is 18.9 Å². The summed E-state index contributed by atoms with van der Waals surface area (Å²) in [6, 6.07) is 14.9. The maximum Gasteiger partial charge on any atom is 0.408 e. The third-order valence-electron chi connectivity index (χ3n) is 4.54. The summed E-state index contributed by atoms with van der Waals surface area (Å²) in [4.78, 5) is 37.0. The van der Waals surface area contributed by atoms with E-state index in [1.807, 2.05) is 68.4 Å². The molecule has 2 aromatic carbocycles. The molecule has 7 nitrogen and oxygen atoms in total. The van der Waals surface area contributed by atoms with E-state index in [0.717, 1.165) is 15.6 Å². The van der Waals surface area contributed by atoms with Crippen LogP contribution >= 0.6 is 15.9 Å². The number of benzene rings is 2. The molecule has 8 heteroatoms. The normalized spacial score (nSPS) is 12.6. The van der Waals surface area contributed by atoms with E-state index in [1.165, 1.54) is 0 Å². The molecule has 0 heterocycles. The lowest BCUT2D eigenvalue weighted by atomic mass is 10.0. The summed E-state index contributed by atoms with van der Waals surface area (Å²) < 4.78 is 6.15. The van der Waals surface area contributed by atoms with Crippen molar-refractivity contribution in [1.82, 2.24) is 10.6 Å². The van der Waals surface area contributed by atoms with Crippen LogP contribution in [0.5, 0.6) is 0 Å². The van der Waals surface area contributed by atoms with Gasteiger partial charge in [-0.15, -0.1) is 0 Å². The van der Waals surface area contributed by atoms with Gasteiger partial charge in [-0.05, 0) is 35.6 Å². The SMILES string of the molecule is CC(C)C[C@H](NC(=O)[C@@H](Cc1ccc(Br)cc1)NC(=O)OCc1ccccc1)C(N)=O. The maximum atomic E-state index is 12.9. The fourth-order valence-corrected chi connectivity index (χ4v) is 3.23. The molecule has 0 bridgehead atoms. The van der Waals surface area contributed by atoms with Crippen molar-refractivity contribution in [3.05, 3.63) is 70.2 Å². The molecule has 2 aromatic rings. The molecule has 0 aliphatic carbocycles. The number of amides is 3. The Morgan fingerprint density at radius 3 is 2.16 bits per heavy atom. The number of nitrogens with one attached hydrogen (secondary N) is 2. The van der Waals surface area contributed by atoms with Crippen molar-refractivity contribution in [2.45, 2.75) is 45.4 Å². The van der Waals surface area contributed by atoms with Crippen LogP contribution in [0.1, 0.15) is 31.4 Å². The first-order chi connectivity index (χ1) is 14.7. The van der Waals surface area contributed by atoms with Gasteiger partial charge in [-0.1, -0.05) is 72.2 Å². The first-order valence-electron chi connectivity index (χ1n) is 10.1. The van der Waals surface area contributed by atoms with Crippen molar-refractivity contribution in [2.24, 2.45) is 11.7 Å². The monoisotopic (exact) mass is 489 g/mol. The number of hydrogen-bond donors (Lipinski definition) is 3. The summed E-state index contributed by atoms with van der Waals surface area (Å²) in [5.41, 5.74) is 7.12. The Bertz CT molecular complexity index is 872. The van der Waals surface area contributed by atoms with E-state index in [9.17, 15) is 14.4 Å². The van der Waals surface area contributed by atoms with Crippen molar-refractivity contribution in [1.29, 1.82) is 0 Å². The number of halogens is 1. The van der Waals surface area contributed by atoms with Crippen LogP contribution in [0.15, 0.2) is 59.1 Å². The third kappa shape index (κ3) is 8.80. The number of primary amides is 1. The van der Waals surface area contributed by atoms with Crippen molar-refractivity contribution in [3.63, 3.8) is 0 Å². The molecular weight excluding hydrogens is 462 g/mol. The predicted octanol–water partition coefficient (Wildman–Crippen LogP) is 3.30. The molecule has 0 radical (unpaired) electrons. The predicted molar refractivity (Wildman–Crippen MR) is 122 cm³/mol. The molecule has 0 saturated heterocycles. The molecule has 0 aliphatic heterocycles. The van der Waals surface area contributed by atoms with Crippen LogP contribution in [0, 0.1) is 5.92 Å². The zero-order valence-corrected chi connectivity index (χ0v) is 19.2. The van der Waals surface area contributed by atoms with Gasteiger partial charge in [-0.3, -0.25) is 9.59 Å². The number of alkyl carbamates (subject to hydrolysis) is 1. The molecule has 0 unspecified atom stereocenters. The summed E-state index contributed by atoms with van der Waals surface area (Å²) in [5.74, 6) is -0.952. The van der Waals surface area contributed by atoms with Crippen LogP contribution in [-0.4, -0.2) is 30.0 Å². The van der Waals surface area contributed by atoms with E-state index in [1.54, 1.807) is 0 Å². The molecule has 3 amide bonds. The minimum atomic E-state index is -0.932. The molecule has 2 rings (SSSR count). The second-order valence-corrected chi connectivity index (χ2v) is 8.60. The largest absolute Gasteiger partial charge is 0.445 e. The Morgan fingerprint density at radius 1 is 0.935 bits per heavy atom. The van der Waals surface area contributed by atoms with Gasteiger partial charge in [-0.2, -0.15) is 0 Å². The number of hydrogen-bond acceptors (Lipinski definition) is 4. The molecule has 0 saturated carbocycles. The summed E-state index contributed by atoms with van der Waals surface area (Å²) in [5, 5.41) is 5.28. The fraction of sp³-hybridized carbons (Fsp3) is 0.348. The number of carbonyl (C=O) groups is 3. The standard InChI is InChI=1S/C23H28BrN3O4/c1-15(2)12-19(21(25)28)26-22(29)20(13-16-8-10-18(24)11-9-16)27-23(30)31-14-17-6-4-3-5-7-17/h3-11,15,19-20H,12-14H2,1-2H3,(H2,25,28)(H,26,29)(H,27,30)/t19-,20+/m0/s1. The highest BCUT2D eigenvalue weighted by Crippen LogP contribution is 2.13. The van der Waals surface area contributed by atoms with Crippen molar-refractivity contribution < 1.29 is 19.1 Å². The van der Waals surface area contributed by atoms with Gasteiger partial charge in [0.25, 0.3) is 0 Å². The van der Waals surface area contributed by atoms with Crippen molar-refractivity contribution in [3.8, 4) is 0 Å². The smallest absolute Gasteiger partial charge is 0.408 e. The van der Waals surface area contributed by atoms with E-state index < -0.39 is 30.0 Å². The van der Waals surface area contributed by atoms with Gasteiger partial charge in [0.05, 0.1) is 0 Å². The lowest BCUT2D eigenvalue weighted by Crippen LogP contribution is -2.54. The molecule has 31 heavy (non-hydrogen) atoms. The topological polar surface area (TPSA) is 111 Å². The van der Waals surface area contributed by atoms with Gasteiger partial charge >= 0.3 is 6.09 Å². The van der Waals surface area contributed by atoms with Crippen LogP contribution in [0.3, 0.4) is 0 Å². The van der Waals surface area contributed by atoms with Gasteiger partial charge < -0.3 is 21.1 Å². The number of rotatable bonds is 10. The van der Waals surface area contributed by atoms with Crippen molar-refractivity contribution in [2.75, 3.05) is 0 Å². The molecule has 0 aromatic heterocycles. The minimum Gasteiger partial charge on any atom is -0.445 e. The zero-order valence-electron chi connectivity index (χ0n) is 17.6. The highest BCUT2D eigenvalue weighted by Gasteiger charge is 2.27. The zero-order chi connectivity index (χ0) is 22.8. The van der Waals surface area contributed by atoms with E-state index in [4.69, 9.17) is 10.5 Å². The van der Waals surface area contributed by atoms with Crippen LogP contribution in [0.4, 0.5) is 4.79 Å². The fourth-order valence-electron chi connectivity index (χ4n) is 2.96. The van der Waals surface area contributed by atoms with E-state index in [2.05, 4.69) is 26.6 Å². The Labute approximate surface area is 190 Å². The summed E-state index contributed by atoms with van der Waals surface area (Å²) in [6.45, 7) is 3.94. The van der Waals surface area contributed by atoms with Crippen LogP contribution in [0.25, 0.3) is 0 Å². The Hall–Kier alpha value is -2.87. The van der Waals surface area contributed by atoms with Gasteiger partial charge in [-0.25, -0.2) is 4.79 Å². The molecule has 0 aliphatic rings. The quantitative estimate of drug-likeness (QED) is 0.475. The number of nitrogens with two attached hydrogens (primary N) is 1. The lowest BCUT2D eigenvalue weighted by molar-refractivity contribution is -0.128. The van der Waals surface area contributed by atoms with Crippen LogP contribution in [-0.2, 0) is 27.4 Å². The number of ether oxygens (including phenoxy) is 1. The third-order valence-corrected chi connectivity index (χ3v) is 5.07. The molecule has 0 spiro atoms. The first-order valence-corrected chi connectivity index (χ1v) is 10.8. The molecule has 166 valence electrons. The maximum absolute atomic E-state index is 12.9. The first kappa shape index (κ1) is 24.4. The summed E-state index contributed by atoms with van der Waals surface area (Å²) in [6.07, 6.45) is -0.0855. The van der Waals surface area contributed by atoms with Gasteiger partial charge in [0.15, 0.2) is 0 Å². The summed E-state index contributed by atoms with van der Waals surface area (Å²) >= 11 is 3.37. The highest BCUT2D eigenvalue weighted by molar-refractivity contribution is 9.10. The Balaban J connectivity index is 2.08. The van der Waals surface area contributed by atoms with Gasteiger partial charge in [0.2, 0.25) is 11.8 Å². The summed E-state index contributed by atoms with van der Waals surface area (Å²) in [7, 11) is 0. The lowest BCUT2D eigenvalue weighted by Gasteiger charge is -2.23.